The maximum absolute atomic E-state index is 5.56. The lowest BCUT2D eigenvalue weighted by atomic mass is 10.2. The maximum atomic E-state index is 5.56. The molecule has 19 heavy (non-hydrogen) atoms. The van der Waals surface area contributed by atoms with Crippen molar-refractivity contribution >= 4 is 6.21 Å². The van der Waals surface area contributed by atoms with Crippen molar-refractivity contribution < 1.29 is 9.47 Å². The van der Waals surface area contributed by atoms with Gasteiger partial charge in [0.1, 0.15) is 13.2 Å². The number of hydrazone groups is 1. The van der Waals surface area contributed by atoms with Gasteiger partial charge in [0.05, 0.1) is 6.21 Å². The zero-order valence-electron chi connectivity index (χ0n) is 11.2. The molecule has 0 radical (unpaired) electrons. The zero-order chi connectivity index (χ0) is 13.1. The van der Waals surface area contributed by atoms with E-state index in [1.807, 2.05) is 24.4 Å². The summed E-state index contributed by atoms with van der Waals surface area (Å²) in [6.07, 6.45) is 1.89. The average molecular weight is 261 g/mol. The third kappa shape index (κ3) is 2.98. The van der Waals surface area contributed by atoms with Crippen LogP contribution in [0.5, 0.6) is 11.5 Å². The van der Waals surface area contributed by atoms with E-state index in [0.717, 1.165) is 43.2 Å². The summed E-state index contributed by atoms with van der Waals surface area (Å²) in [6, 6.07) is 5.93. The number of benzene rings is 1. The molecule has 3 rings (SSSR count). The van der Waals surface area contributed by atoms with Crippen molar-refractivity contribution in [2.75, 3.05) is 46.4 Å². The van der Waals surface area contributed by atoms with Gasteiger partial charge in [-0.05, 0) is 30.8 Å². The second kappa shape index (κ2) is 5.48. The summed E-state index contributed by atoms with van der Waals surface area (Å²) in [6.45, 7) is 5.35. The SMILES string of the molecule is CN1CCN(/N=C/c2ccc3c(c2)OCCO3)CC1. The van der Waals surface area contributed by atoms with Crippen LogP contribution < -0.4 is 9.47 Å². The van der Waals surface area contributed by atoms with Gasteiger partial charge in [-0.3, -0.25) is 5.01 Å². The van der Waals surface area contributed by atoms with Crippen molar-refractivity contribution in [3.63, 3.8) is 0 Å². The molecular formula is C14H19N3O2. The molecule has 0 N–H and O–H groups in total. The first kappa shape index (κ1) is 12.3. The first-order chi connectivity index (χ1) is 9.31. The van der Waals surface area contributed by atoms with Gasteiger partial charge in [0.2, 0.25) is 0 Å². The summed E-state index contributed by atoms with van der Waals surface area (Å²) >= 11 is 0. The number of likely N-dealkylation sites (N-methyl/N-ethyl adjacent to an activating group) is 1. The smallest absolute Gasteiger partial charge is 0.162 e. The Hall–Kier alpha value is -1.75. The molecule has 0 unspecified atom stereocenters. The monoisotopic (exact) mass is 261 g/mol. The van der Waals surface area contributed by atoms with Gasteiger partial charge in [-0.25, -0.2) is 0 Å². The van der Waals surface area contributed by atoms with Crippen molar-refractivity contribution in [3.05, 3.63) is 23.8 Å². The molecule has 2 aliphatic rings. The normalized spacial score (nSPS) is 19.9. The fourth-order valence-electron chi connectivity index (χ4n) is 2.20. The van der Waals surface area contributed by atoms with Crippen molar-refractivity contribution in [3.8, 4) is 11.5 Å². The van der Waals surface area contributed by atoms with Gasteiger partial charge in [-0.2, -0.15) is 5.10 Å². The minimum Gasteiger partial charge on any atom is -0.486 e. The molecule has 0 bridgehead atoms. The number of nitrogens with zero attached hydrogens (tertiary/aromatic N) is 3. The number of fused-ring (bicyclic) bond motifs is 1. The number of piperazine rings is 1. The highest BCUT2D eigenvalue weighted by molar-refractivity contribution is 5.80. The van der Waals surface area contributed by atoms with E-state index in [2.05, 4.69) is 22.1 Å². The molecule has 1 fully saturated rings. The Kier molecular flexibility index (Phi) is 3.55. The topological polar surface area (TPSA) is 37.3 Å². The Balaban J connectivity index is 1.66. The lowest BCUT2D eigenvalue weighted by molar-refractivity contribution is 0.159. The van der Waals surface area contributed by atoms with Crippen LogP contribution in [-0.2, 0) is 0 Å². The highest BCUT2D eigenvalue weighted by Gasteiger charge is 2.12. The van der Waals surface area contributed by atoms with Crippen LogP contribution >= 0.6 is 0 Å². The summed E-state index contributed by atoms with van der Waals surface area (Å²) in [5.41, 5.74) is 1.04. The Morgan fingerprint density at radius 3 is 2.58 bits per heavy atom. The van der Waals surface area contributed by atoms with E-state index in [1.54, 1.807) is 0 Å². The number of hydrogen-bond acceptors (Lipinski definition) is 5. The fourth-order valence-corrected chi connectivity index (χ4v) is 2.20. The van der Waals surface area contributed by atoms with Crippen LogP contribution in [0.1, 0.15) is 5.56 Å². The Bertz CT molecular complexity index is 468. The second-order valence-corrected chi connectivity index (χ2v) is 4.90. The van der Waals surface area contributed by atoms with Gasteiger partial charge in [-0.1, -0.05) is 0 Å². The molecule has 0 atom stereocenters. The molecular weight excluding hydrogens is 242 g/mol. The van der Waals surface area contributed by atoms with Crippen LogP contribution in [0.15, 0.2) is 23.3 Å². The fraction of sp³-hybridized carbons (Fsp3) is 0.500. The summed E-state index contributed by atoms with van der Waals surface area (Å²) in [4.78, 5) is 2.32. The summed E-state index contributed by atoms with van der Waals surface area (Å²) in [5.74, 6) is 1.64. The van der Waals surface area contributed by atoms with Crippen LogP contribution in [0.3, 0.4) is 0 Å². The third-order valence-electron chi connectivity index (χ3n) is 3.42. The van der Waals surface area contributed by atoms with Gasteiger partial charge in [0.25, 0.3) is 0 Å². The lowest BCUT2D eigenvalue weighted by Gasteiger charge is -2.30. The van der Waals surface area contributed by atoms with Crippen LogP contribution in [0, 0.1) is 0 Å². The molecule has 1 saturated heterocycles. The largest absolute Gasteiger partial charge is 0.486 e. The van der Waals surface area contributed by atoms with Crippen LogP contribution in [0.25, 0.3) is 0 Å². The van der Waals surface area contributed by atoms with Gasteiger partial charge in [0, 0.05) is 26.2 Å². The van der Waals surface area contributed by atoms with E-state index in [9.17, 15) is 0 Å². The van der Waals surface area contributed by atoms with Crippen LogP contribution in [0.4, 0.5) is 0 Å². The predicted molar refractivity (Wildman–Crippen MR) is 74.1 cm³/mol. The van der Waals surface area contributed by atoms with Crippen molar-refractivity contribution in [1.82, 2.24) is 9.91 Å². The predicted octanol–water partition coefficient (Wildman–Crippen LogP) is 1.04. The molecule has 0 saturated carbocycles. The Morgan fingerprint density at radius 2 is 1.79 bits per heavy atom. The van der Waals surface area contributed by atoms with Crippen molar-refractivity contribution in [1.29, 1.82) is 0 Å². The summed E-state index contributed by atoms with van der Waals surface area (Å²) < 4.78 is 11.1. The van der Waals surface area contributed by atoms with E-state index in [4.69, 9.17) is 9.47 Å². The maximum Gasteiger partial charge on any atom is 0.162 e. The molecule has 5 nitrogen and oxygen atoms in total. The number of rotatable bonds is 2. The van der Waals surface area contributed by atoms with Gasteiger partial charge in [-0.15, -0.1) is 0 Å². The number of hydrogen-bond donors (Lipinski definition) is 0. The van der Waals surface area contributed by atoms with Crippen LogP contribution in [0.2, 0.25) is 0 Å². The average Bonchev–Trinajstić information content (AvgIpc) is 2.46. The summed E-state index contributed by atoms with van der Waals surface area (Å²) in [5, 5.41) is 6.63. The first-order valence-electron chi connectivity index (χ1n) is 6.68. The van der Waals surface area contributed by atoms with E-state index < -0.39 is 0 Å². The molecule has 2 aliphatic heterocycles. The van der Waals surface area contributed by atoms with Crippen molar-refractivity contribution in [2.45, 2.75) is 0 Å². The summed E-state index contributed by atoms with van der Waals surface area (Å²) in [7, 11) is 2.14. The molecule has 2 heterocycles. The standard InChI is InChI=1S/C14H19N3O2/c1-16-4-6-17(7-5-16)15-11-12-2-3-13-14(10-12)19-9-8-18-13/h2-3,10-11H,4-9H2,1H3/b15-11+. The molecule has 102 valence electrons. The highest BCUT2D eigenvalue weighted by Crippen LogP contribution is 2.30. The molecule has 0 aromatic heterocycles. The third-order valence-corrected chi connectivity index (χ3v) is 3.42. The van der Waals surface area contributed by atoms with Gasteiger partial charge < -0.3 is 14.4 Å². The van der Waals surface area contributed by atoms with Crippen LogP contribution in [-0.4, -0.2) is 62.6 Å². The molecule has 5 heteroatoms. The van der Waals surface area contributed by atoms with Gasteiger partial charge in [0.15, 0.2) is 11.5 Å². The van der Waals surface area contributed by atoms with Crippen molar-refractivity contribution in [2.24, 2.45) is 5.10 Å². The molecule has 0 amide bonds. The Morgan fingerprint density at radius 1 is 1.05 bits per heavy atom. The minimum absolute atomic E-state index is 0.617. The second-order valence-electron chi connectivity index (χ2n) is 4.90. The van der Waals surface area contributed by atoms with E-state index in [-0.39, 0.29) is 0 Å². The minimum atomic E-state index is 0.617. The zero-order valence-corrected chi connectivity index (χ0v) is 11.2. The van der Waals surface area contributed by atoms with E-state index in [1.165, 1.54) is 0 Å². The van der Waals surface area contributed by atoms with Gasteiger partial charge >= 0.3 is 0 Å². The first-order valence-corrected chi connectivity index (χ1v) is 6.68. The highest BCUT2D eigenvalue weighted by atomic mass is 16.6. The molecule has 1 aromatic rings. The molecule has 1 aromatic carbocycles. The quantitative estimate of drug-likeness (QED) is 0.745. The van der Waals surface area contributed by atoms with E-state index in [0.29, 0.717) is 13.2 Å². The van der Waals surface area contributed by atoms with E-state index >= 15 is 0 Å². The molecule has 0 aliphatic carbocycles. The Labute approximate surface area is 113 Å². The molecule has 0 spiro atoms. The lowest BCUT2D eigenvalue weighted by Crippen LogP contribution is -2.41. The number of ether oxygens (including phenoxy) is 2.